The minimum atomic E-state index is -0.528. The quantitative estimate of drug-likeness (QED) is 0.817. The summed E-state index contributed by atoms with van der Waals surface area (Å²) in [6.45, 7) is 8.18. The van der Waals surface area contributed by atoms with E-state index in [1.807, 2.05) is 33.8 Å². The second-order valence-corrected chi connectivity index (χ2v) is 5.47. The second kappa shape index (κ2) is 6.36. The topological polar surface area (TPSA) is 81.2 Å². The maximum absolute atomic E-state index is 12.2. The van der Waals surface area contributed by atoms with Crippen LogP contribution < -0.4 is 5.73 Å². The van der Waals surface area contributed by atoms with E-state index in [0.717, 1.165) is 12.2 Å². The number of hydrogen-bond donors (Lipinski definition) is 1. The second-order valence-electron chi connectivity index (χ2n) is 5.47. The van der Waals surface area contributed by atoms with E-state index in [1.54, 1.807) is 17.0 Å². The molecule has 0 unspecified atom stereocenters. The van der Waals surface area contributed by atoms with Gasteiger partial charge in [-0.1, -0.05) is 0 Å². The lowest BCUT2D eigenvalue weighted by atomic mass is 10.1. The van der Waals surface area contributed by atoms with Crippen molar-refractivity contribution in [1.82, 2.24) is 14.7 Å². The van der Waals surface area contributed by atoms with Gasteiger partial charge in [0.2, 0.25) is 11.8 Å². The van der Waals surface area contributed by atoms with Gasteiger partial charge in [-0.2, -0.15) is 5.10 Å². The molecule has 110 valence electrons. The van der Waals surface area contributed by atoms with Gasteiger partial charge in [-0.05, 0) is 39.8 Å². The lowest BCUT2D eigenvalue weighted by Crippen LogP contribution is -2.48. The van der Waals surface area contributed by atoms with Gasteiger partial charge in [-0.25, -0.2) is 0 Å². The summed E-state index contributed by atoms with van der Waals surface area (Å²) in [6, 6.07) is 1.82. The number of carbonyl (C=O) groups is 2. The zero-order valence-electron chi connectivity index (χ0n) is 12.5. The van der Waals surface area contributed by atoms with E-state index in [4.69, 9.17) is 5.73 Å². The Labute approximate surface area is 119 Å². The maximum Gasteiger partial charge on any atom is 0.247 e. The van der Waals surface area contributed by atoms with Gasteiger partial charge in [0, 0.05) is 24.4 Å². The molecule has 0 radical (unpaired) electrons. The molecule has 0 aliphatic rings. The predicted octanol–water partition coefficient (Wildman–Crippen LogP) is 1.03. The summed E-state index contributed by atoms with van der Waals surface area (Å²) in [6.07, 6.45) is 4.81. The summed E-state index contributed by atoms with van der Waals surface area (Å²) in [5.74, 6) is -0.777. The molecule has 0 fully saturated rings. The zero-order valence-corrected chi connectivity index (χ0v) is 12.5. The Balaban J connectivity index is 2.88. The van der Waals surface area contributed by atoms with Crippen molar-refractivity contribution in [2.75, 3.05) is 6.54 Å². The van der Waals surface area contributed by atoms with Gasteiger partial charge in [0.1, 0.15) is 6.54 Å². The van der Waals surface area contributed by atoms with Crippen LogP contribution in [0.1, 0.15) is 33.4 Å². The van der Waals surface area contributed by atoms with Gasteiger partial charge >= 0.3 is 0 Å². The van der Waals surface area contributed by atoms with Crippen molar-refractivity contribution in [2.24, 2.45) is 5.73 Å². The number of amides is 2. The molecule has 1 aromatic rings. The van der Waals surface area contributed by atoms with Crippen molar-refractivity contribution in [3.63, 3.8) is 0 Å². The Morgan fingerprint density at radius 3 is 2.60 bits per heavy atom. The summed E-state index contributed by atoms with van der Waals surface area (Å²) in [5.41, 5.74) is 5.56. The molecule has 6 nitrogen and oxygen atoms in total. The highest BCUT2D eigenvalue weighted by molar-refractivity contribution is 5.94. The van der Waals surface area contributed by atoms with Crippen LogP contribution in [0.2, 0.25) is 0 Å². The molecule has 1 aromatic heterocycles. The van der Waals surface area contributed by atoms with Crippen molar-refractivity contribution < 1.29 is 9.59 Å². The molecule has 1 rings (SSSR count). The monoisotopic (exact) mass is 278 g/mol. The molecule has 0 saturated carbocycles. The standard InChI is InChI=1S/C14H22N4O2/c1-5-18-11(8-9-16-18)6-7-13(20)17(10-12(15)19)14(2,3)4/h6-9H,5,10H2,1-4H3,(H2,15,19). The third-order valence-corrected chi connectivity index (χ3v) is 2.84. The third-order valence-electron chi connectivity index (χ3n) is 2.84. The minimum Gasteiger partial charge on any atom is -0.368 e. The molecular formula is C14H22N4O2. The van der Waals surface area contributed by atoms with Crippen LogP contribution in [-0.4, -0.2) is 38.6 Å². The first-order valence-electron chi connectivity index (χ1n) is 6.55. The number of primary amides is 1. The van der Waals surface area contributed by atoms with Crippen LogP contribution in [0, 0.1) is 0 Å². The Bertz CT molecular complexity index is 511. The molecule has 2 amide bonds. The fourth-order valence-electron chi connectivity index (χ4n) is 1.80. The number of hydrogen-bond acceptors (Lipinski definition) is 3. The number of nitrogens with zero attached hydrogens (tertiary/aromatic N) is 3. The number of aryl methyl sites for hydroxylation is 1. The third kappa shape index (κ3) is 4.22. The van der Waals surface area contributed by atoms with E-state index in [9.17, 15) is 9.59 Å². The highest BCUT2D eigenvalue weighted by atomic mass is 16.2. The summed E-state index contributed by atoms with van der Waals surface area (Å²) >= 11 is 0. The van der Waals surface area contributed by atoms with E-state index in [1.165, 1.54) is 11.0 Å². The fourth-order valence-corrected chi connectivity index (χ4v) is 1.80. The maximum atomic E-state index is 12.2. The van der Waals surface area contributed by atoms with E-state index in [2.05, 4.69) is 5.10 Å². The molecule has 20 heavy (non-hydrogen) atoms. The van der Waals surface area contributed by atoms with Crippen LogP contribution in [0.4, 0.5) is 0 Å². The van der Waals surface area contributed by atoms with Gasteiger partial charge in [-0.3, -0.25) is 14.3 Å². The molecule has 0 aliphatic heterocycles. The normalized spacial score (nSPS) is 11.8. The molecule has 0 aliphatic carbocycles. The molecular weight excluding hydrogens is 256 g/mol. The fraction of sp³-hybridized carbons (Fsp3) is 0.500. The van der Waals surface area contributed by atoms with E-state index in [0.29, 0.717) is 0 Å². The first-order chi connectivity index (χ1) is 9.25. The molecule has 0 aromatic carbocycles. The smallest absolute Gasteiger partial charge is 0.247 e. The number of nitrogens with two attached hydrogens (primary N) is 1. The average Bonchev–Trinajstić information content (AvgIpc) is 2.78. The molecule has 2 N–H and O–H groups in total. The van der Waals surface area contributed by atoms with E-state index in [-0.39, 0.29) is 12.5 Å². The number of carbonyl (C=O) groups excluding carboxylic acids is 2. The van der Waals surface area contributed by atoms with Crippen molar-refractivity contribution in [1.29, 1.82) is 0 Å². The van der Waals surface area contributed by atoms with Crippen LogP contribution in [0.5, 0.6) is 0 Å². The molecule has 0 saturated heterocycles. The van der Waals surface area contributed by atoms with E-state index >= 15 is 0 Å². The molecule has 0 atom stereocenters. The highest BCUT2D eigenvalue weighted by Gasteiger charge is 2.26. The predicted molar refractivity (Wildman–Crippen MR) is 77.6 cm³/mol. The van der Waals surface area contributed by atoms with Gasteiger partial charge in [0.05, 0.1) is 5.69 Å². The molecule has 0 spiro atoms. The number of aromatic nitrogens is 2. The van der Waals surface area contributed by atoms with Gasteiger partial charge in [0.15, 0.2) is 0 Å². The van der Waals surface area contributed by atoms with Crippen molar-refractivity contribution in [3.05, 3.63) is 24.0 Å². The first kappa shape index (κ1) is 15.9. The highest BCUT2D eigenvalue weighted by Crippen LogP contribution is 2.14. The van der Waals surface area contributed by atoms with Crippen LogP contribution in [0.3, 0.4) is 0 Å². The summed E-state index contributed by atoms with van der Waals surface area (Å²) in [7, 11) is 0. The Kier molecular flexibility index (Phi) is 5.07. The van der Waals surface area contributed by atoms with Crippen LogP contribution in [0.15, 0.2) is 18.3 Å². The Hall–Kier alpha value is -2.11. The van der Waals surface area contributed by atoms with Gasteiger partial charge in [0.25, 0.3) is 0 Å². The minimum absolute atomic E-state index is 0.0975. The number of rotatable bonds is 5. The average molecular weight is 278 g/mol. The molecule has 6 heteroatoms. The zero-order chi connectivity index (χ0) is 15.3. The van der Waals surface area contributed by atoms with Gasteiger partial charge in [-0.15, -0.1) is 0 Å². The first-order valence-corrected chi connectivity index (χ1v) is 6.55. The van der Waals surface area contributed by atoms with Crippen molar-refractivity contribution >= 4 is 17.9 Å². The Morgan fingerprint density at radius 2 is 2.10 bits per heavy atom. The summed E-state index contributed by atoms with van der Waals surface area (Å²) < 4.78 is 1.78. The lowest BCUT2D eigenvalue weighted by molar-refractivity contribution is -0.135. The van der Waals surface area contributed by atoms with E-state index < -0.39 is 11.4 Å². The molecule has 1 heterocycles. The van der Waals surface area contributed by atoms with Gasteiger partial charge < -0.3 is 10.6 Å². The summed E-state index contributed by atoms with van der Waals surface area (Å²) in [4.78, 5) is 24.7. The SMILES string of the molecule is CCn1nccc1C=CC(=O)N(CC(N)=O)C(C)(C)C. The van der Waals surface area contributed by atoms with Crippen molar-refractivity contribution in [2.45, 2.75) is 39.8 Å². The van der Waals surface area contributed by atoms with Crippen molar-refractivity contribution in [3.8, 4) is 0 Å². The van der Waals surface area contributed by atoms with Crippen LogP contribution >= 0.6 is 0 Å². The van der Waals surface area contributed by atoms with Crippen LogP contribution in [0.25, 0.3) is 6.08 Å². The van der Waals surface area contributed by atoms with Crippen LogP contribution in [-0.2, 0) is 16.1 Å². The lowest BCUT2D eigenvalue weighted by Gasteiger charge is -2.33. The molecule has 0 bridgehead atoms. The Morgan fingerprint density at radius 1 is 1.45 bits per heavy atom. The largest absolute Gasteiger partial charge is 0.368 e. The summed E-state index contributed by atoms with van der Waals surface area (Å²) in [5, 5.41) is 4.12.